The monoisotopic (exact) mass is 371 g/mol. The van der Waals surface area contributed by atoms with Crippen molar-refractivity contribution >= 4 is 0 Å². The maximum Gasteiger partial charge on any atom is 0.122 e. The van der Waals surface area contributed by atoms with E-state index >= 15 is 0 Å². The number of phenols is 1. The number of nitrogens with two attached hydrogens (primary N) is 1. The second-order valence-electron chi connectivity index (χ2n) is 9.58. The maximum atomic E-state index is 10.6. The average Bonchev–Trinajstić information content (AvgIpc) is 3.47. The fourth-order valence-corrected chi connectivity index (χ4v) is 6.21. The molecule has 2 aliphatic carbocycles. The van der Waals surface area contributed by atoms with E-state index in [1.165, 1.54) is 43.5 Å². The van der Waals surface area contributed by atoms with Gasteiger partial charge in [0.2, 0.25) is 0 Å². The molecule has 27 heavy (non-hydrogen) atoms. The number of nitrogens with zero attached hydrogens (tertiary/aromatic N) is 2. The lowest BCUT2D eigenvalue weighted by molar-refractivity contribution is -0.0949. The summed E-state index contributed by atoms with van der Waals surface area (Å²) in [7, 11) is 0. The Labute approximate surface area is 162 Å². The predicted molar refractivity (Wildman–Crippen MR) is 106 cm³/mol. The van der Waals surface area contributed by atoms with Gasteiger partial charge in [-0.3, -0.25) is 9.80 Å². The summed E-state index contributed by atoms with van der Waals surface area (Å²) in [4.78, 5) is 4.95. The molecule has 3 fully saturated rings. The first-order valence-electron chi connectivity index (χ1n) is 10.7. The summed E-state index contributed by atoms with van der Waals surface area (Å²) in [5.74, 6) is 1.79. The first kappa shape index (κ1) is 17.9. The molecular weight excluding hydrogens is 338 g/mol. The molecule has 5 heteroatoms. The summed E-state index contributed by atoms with van der Waals surface area (Å²) in [6.45, 7) is 6.08. The van der Waals surface area contributed by atoms with E-state index < -0.39 is 6.23 Å². The third kappa shape index (κ3) is 2.91. The van der Waals surface area contributed by atoms with Gasteiger partial charge in [-0.2, -0.15) is 0 Å². The van der Waals surface area contributed by atoms with Crippen LogP contribution < -0.4 is 5.73 Å². The van der Waals surface area contributed by atoms with E-state index in [2.05, 4.69) is 15.9 Å². The van der Waals surface area contributed by atoms with Gasteiger partial charge in [-0.15, -0.1) is 0 Å². The molecule has 0 amide bonds. The van der Waals surface area contributed by atoms with Crippen LogP contribution in [-0.2, 0) is 11.8 Å². The highest BCUT2D eigenvalue weighted by atomic mass is 16.3. The smallest absolute Gasteiger partial charge is 0.122 e. The molecule has 148 valence electrons. The molecule has 1 aromatic carbocycles. The van der Waals surface area contributed by atoms with Crippen molar-refractivity contribution in [3.63, 3.8) is 0 Å². The van der Waals surface area contributed by atoms with Gasteiger partial charge >= 0.3 is 0 Å². The lowest BCUT2D eigenvalue weighted by atomic mass is 9.54. The van der Waals surface area contributed by atoms with E-state index in [1.807, 2.05) is 19.1 Å². The number of aromatic hydroxyl groups is 1. The maximum absolute atomic E-state index is 10.6. The van der Waals surface area contributed by atoms with Gasteiger partial charge in [0.25, 0.3) is 0 Å². The molecule has 0 radical (unpaired) electrons. The van der Waals surface area contributed by atoms with E-state index in [-0.39, 0.29) is 11.5 Å². The Hall–Kier alpha value is -1.14. The molecule has 2 heterocycles. The van der Waals surface area contributed by atoms with Crippen LogP contribution in [0.5, 0.6) is 5.75 Å². The Morgan fingerprint density at radius 3 is 2.78 bits per heavy atom. The predicted octanol–water partition coefficient (Wildman–Crippen LogP) is 1.66. The number of benzene rings is 1. The zero-order valence-electron chi connectivity index (χ0n) is 16.3. The number of likely N-dealkylation sites (tertiary alicyclic amines) is 2. The van der Waals surface area contributed by atoms with E-state index in [1.54, 1.807) is 0 Å². The van der Waals surface area contributed by atoms with Gasteiger partial charge in [-0.1, -0.05) is 6.07 Å². The summed E-state index contributed by atoms with van der Waals surface area (Å²) in [6.07, 6.45) is 5.49. The van der Waals surface area contributed by atoms with E-state index in [0.29, 0.717) is 17.7 Å². The fraction of sp³-hybridized carbons (Fsp3) is 0.727. The van der Waals surface area contributed by atoms with Crippen LogP contribution in [0.3, 0.4) is 0 Å². The lowest BCUT2D eigenvalue weighted by Crippen LogP contribution is -2.67. The van der Waals surface area contributed by atoms with Crippen molar-refractivity contribution in [3.05, 3.63) is 29.3 Å². The largest absolute Gasteiger partial charge is 0.508 e. The van der Waals surface area contributed by atoms with Crippen molar-refractivity contribution in [2.24, 2.45) is 17.6 Å². The second-order valence-corrected chi connectivity index (χ2v) is 9.58. The average molecular weight is 372 g/mol. The van der Waals surface area contributed by atoms with Gasteiger partial charge in [-0.25, -0.2) is 0 Å². The minimum absolute atomic E-state index is 0.144. The van der Waals surface area contributed by atoms with Crippen molar-refractivity contribution in [2.75, 3.05) is 26.2 Å². The van der Waals surface area contributed by atoms with Crippen LogP contribution in [0.2, 0.25) is 0 Å². The molecular formula is C22H33N3O2. The SMILES string of the molecule is CC(N)C(O)N1CCC23CCN(CC4CC4)C(Cc4ccc(O)cc42)C3C1. The third-order valence-corrected chi connectivity index (χ3v) is 7.86. The first-order valence-corrected chi connectivity index (χ1v) is 10.7. The van der Waals surface area contributed by atoms with E-state index in [0.717, 1.165) is 31.8 Å². The second kappa shape index (κ2) is 6.45. The van der Waals surface area contributed by atoms with Gasteiger partial charge in [0.1, 0.15) is 12.0 Å². The van der Waals surface area contributed by atoms with Crippen LogP contribution in [0.15, 0.2) is 18.2 Å². The highest BCUT2D eigenvalue weighted by molar-refractivity contribution is 5.45. The summed E-state index contributed by atoms with van der Waals surface area (Å²) >= 11 is 0. The molecule has 2 saturated heterocycles. The normalized spacial score (nSPS) is 36.0. The fourth-order valence-electron chi connectivity index (χ4n) is 6.21. The van der Waals surface area contributed by atoms with Crippen LogP contribution in [0.4, 0.5) is 0 Å². The third-order valence-electron chi connectivity index (χ3n) is 7.86. The van der Waals surface area contributed by atoms with Crippen LogP contribution in [0.1, 0.15) is 43.7 Å². The number of piperidine rings is 2. The number of hydrogen-bond acceptors (Lipinski definition) is 5. The summed E-state index contributed by atoms with van der Waals surface area (Å²) in [6, 6.07) is 6.35. The highest BCUT2D eigenvalue weighted by Gasteiger charge is 2.56. The molecule has 1 saturated carbocycles. The Bertz CT molecular complexity index is 720. The molecule has 1 aromatic rings. The minimum Gasteiger partial charge on any atom is -0.508 e. The molecule has 5 unspecified atom stereocenters. The molecule has 0 spiro atoms. The van der Waals surface area contributed by atoms with Gasteiger partial charge in [0, 0.05) is 37.1 Å². The topological polar surface area (TPSA) is 73.0 Å². The van der Waals surface area contributed by atoms with Gasteiger partial charge in [0.05, 0.1) is 0 Å². The molecule has 5 atom stereocenters. The van der Waals surface area contributed by atoms with E-state index in [4.69, 9.17) is 5.73 Å². The first-order chi connectivity index (χ1) is 13.0. The number of hydrogen-bond donors (Lipinski definition) is 3. The van der Waals surface area contributed by atoms with Crippen molar-refractivity contribution in [1.29, 1.82) is 0 Å². The Balaban J connectivity index is 1.52. The number of phenolic OH excluding ortho intramolecular Hbond substituents is 1. The summed E-state index contributed by atoms with van der Waals surface area (Å²) in [5, 5.41) is 20.8. The Morgan fingerprint density at radius 1 is 1.26 bits per heavy atom. The quantitative estimate of drug-likeness (QED) is 0.751. The summed E-state index contributed by atoms with van der Waals surface area (Å²) in [5.41, 5.74) is 8.96. The van der Waals surface area contributed by atoms with E-state index in [9.17, 15) is 10.2 Å². The molecule has 2 aliphatic heterocycles. The molecule has 2 bridgehead atoms. The molecule has 4 aliphatic rings. The zero-order valence-corrected chi connectivity index (χ0v) is 16.3. The van der Waals surface area contributed by atoms with Crippen molar-refractivity contribution < 1.29 is 10.2 Å². The standard InChI is InChI=1S/C22H33N3O2/c1-14(23)21(27)25-9-7-22-6-8-24(12-15-2-3-15)20(19(22)13-25)10-16-4-5-17(26)11-18(16)22/h4-5,11,14-15,19-21,26-27H,2-3,6-10,12-13,23H2,1H3. The number of rotatable bonds is 4. The van der Waals surface area contributed by atoms with Crippen molar-refractivity contribution in [2.45, 2.75) is 62.8 Å². The van der Waals surface area contributed by atoms with Gasteiger partial charge < -0.3 is 15.9 Å². The van der Waals surface area contributed by atoms with Gasteiger partial charge in [-0.05, 0) is 80.7 Å². The molecule has 0 aromatic heterocycles. The minimum atomic E-state index is -0.564. The van der Waals surface area contributed by atoms with Crippen LogP contribution in [-0.4, -0.2) is 64.5 Å². The van der Waals surface area contributed by atoms with Crippen LogP contribution in [0, 0.1) is 11.8 Å². The summed E-state index contributed by atoms with van der Waals surface area (Å²) < 4.78 is 0. The van der Waals surface area contributed by atoms with Crippen LogP contribution in [0.25, 0.3) is 0 Å². The lowest BCUT2D eigenvalue weighted by Gasteiger charge is -2.61. The number of aliphatic hydroxyl groups excluding tert-OH is 1. The zero-order chi connectivity index (χ0) is 18.8. The Kier molecular flexibility index (Phi) is 4.28. The highest BCUT2D eigenvalue weighted by Crippen LogP contribution is 2.54. The Morgan fingerprint density at radius 2 is 2.04 bits per heavy atom. The van der Waals surface area contributed by atoms with Crippen molar-refractivity contribution in [1.82, 2.24) is 9.80 Å². The van der Waals surface area contributed by atoms with Crippen LogP contribution >= 0.6 is 0 Å². The number of fused-ring (bicyclic) bond motifs is 1. The molecule has 5 rings (SSSR count). The van der Waals surface area contributed by atoms with Gasteiger partial charge in [0.15, 0.2) is 0 Å². The van der Waals surface area contributed by atoms with Crippen molar-refractivity contribution in [3.8, 4) is 5.75 Å². The molecule has 4 N–H and O–H groups in total. The molecule has 5 nitrogen and oxygen atoms in total. The number of aliphatic hydroxyl groups is 1.